The van der Waals surface area contributed by atoms with Crippen molar-refractivity contribution < 1.29 is 14.3 Å². The van der Waals surface area contributed by atoms with E-state index in [-0.39, 0.29) is 24.4 Å². The molecule has 98 valence electrons. The number of aliphatic hydroxyl groups excluding tert-OH is 1. The zero-order valence-electron chi connectivity index (χ0n) is 10.5. The summed E-state index contributed by atoms with van der Waals surface area (Å²) in [6.45, 7) is 2.39. The molecule has 2 rings (SSSR count). The average molecular weight is 251 g/mol. The van der Waals surface area contributed by atoms with Gasteiger partial charge in [0.05, 0.1) is 12.6 Å². The van der Waals surface area contributed by atoms with E-state index in [4.69, 9.17) is 0 Å². The average Bonchev–Trinajstić information content (AvgIpc) is 2.38. The summed E-state index contributed by atoms with van der Waals surface area (Å²) in [6.07, 6.45) is 2.84. The van der Waals surface area contributed by atoms with Crippen molar-refractivity contribution in [1.82, 2.24) is 4.90 Å². The van der Waals surface area contributed by atoms with Gasteiger partial charge >= 0.3 is 0 Å². The van der Waals surface area contributed by atoms with Crippen LogP contribution in [0.1, 0.15) is 35.2 Å². The van der Waals surface area contributed by atoms with Gasteiger partial charge in [-0.05, 0) is 49.9 Å². The lowest BCUT2D eigenvalue weighted by molar-refractivity contribution is 0.0502. The van der Waals surface area contributed by atoms with E-state index in [0.717, 1.165) is 19.3 Å². The number of rotatable bonds is 2. The van der Waals surface area contributed by atoms with Crippen LogP contribution >= 0.6 is 0 Å². The summed E-state index contributed by atoms with van der Waals surface area (Å²) in [5.41, 5.74) is 1.17. The smallest absolute Gasteiger partial charge is 0.254 e. The number of hydrogen-bond acceptors (Lipinski definition) is 2. The van der Waals surface area contributed by atoms with E-state index in [1.165, 1.54) is 18.2 Å². The molecule has 3 nitrogen and oxygen atoms in total. The van der Waals surface area contributed by atoms with Gasteiger partial charge in [0, 0.05) is 12.1 Å². The summed E-state index contributed by atoms with van der Waals surface area (Å²) in [5.74, 6) is -0.437. The third kappa shape index (κ3) is 2.53. The molecule has 0 aromatic heterocycles. The zero-order valence-corrected chi connectivity index (χ0v) is 10.5. The van der Waals surface area contributed by atoms with Gasteiger partial charge in [-0.15, -0.1) is 0 Å². The Morgan fingerprint density at radius 2 is 2.28 bits per heavy atom. The van der Waals surface area contributed by atoms with Crippen LogP contribution < -0.4 is 0 Å². The minimum absolute atomic E-state index is 0.00795. The van der Waals surface area contributed by atoms with Crippen molar-refractivity contribution in [2.24, 2.45) is 0 Å². The highest BCUT2D eigenvalue weighted by Crippen LogP contribution is 2.21. The minimum Gasteiger partial charge on any atom is -0.394 e. The lowest BCUT2D eigenvalue weighted by Gasteiger charge is -2.35. The number of aryl methyl sites for hydroxylation is 1. The molecular formula is C14H18FNO2. The van der Waals surface area contributed by atoms with Crippen molar-refractivity contribution in [1.29, 1.82) is 0 Å². The van der Waals surface area contributed by atoms with Crippen molar-refractivity contribution >= 4 is 5.91 Å². The van der Waals surface area contributed by atoms with Crippen LogP contribution in [0.15, 0.2) is 18.2 Å². The fourth-order valence-electron chi connectivity index (χ4n) is 2.48. The summed E-state index contributed by atoms with van der Waals surface area (Å²) in [7, 11) is 0. The number of hydrogen-bond donors (Lipinski definition) is 1. The number of carbonyl (C=O) groups is 1. The van der Waals surface area contributed by atoms with Gasteiger partial charge in [-0.25, -0.2) is 4.39 Å². The first-order valence-electron chi connectivity index (χ1n) is 6.31. The molecule has 1 atom stereocenters. The van der Waals surface area contributed by atoms with Gasteiger partial charge < -0.3 is 10.0 Å². The second-order valence-electron chi connectivity index (χ2n) is 4.79. The topological polar surface area (TPSA) is 40.5 Å². The van der Waals surface area contributed by atoms with Crippen LogP contribution in [0.2, 0.25) is 0 Å². The van der Waals surface area contributed by atoms with E-state index >= 15 is 0 Å². The third-order valence-electron chi connectivity index (χ3n) is 3.52. The Bertz CT molecular complexity index is 447. The van der Waals surface area contributed by atoms with Gasteiger partial charge in [-0.2, -0.15) is 0 Å². The van der Waals surface area contributed by atoms with Crippen molar-refractivity contribution in [2.45, 2.75) is 32.2 Å². The quantitative estimate of drug-likeness (QED) is 0.874. The number of halogens is 1. The fourth-order valence-corrected chi connectivity index (χ4v) is 2.48. The molecule has 1 unspecified atom stereocenters. The predicted molar refractivity (Wildman–Crippen MR) is 66.9 cm³/mol. The molecular weight excluding hydrogens is 233 g/mol. The Kier molecular flexibility index (Phi) is 3.97. The second kappa shape index (κ2) is 5.48. The standard InChI is InChI=1S/C14H18FNO2/c1-10-8-11(15)5-6-13(10)14(18)16-7-3-2-4-12(16)9-17/h5-6,8,12,17H,2-4,7,9H2,1H3. The highest BCUT2D eigenvalue weighted by Gasteiger charge is 2.27. The van der Waals surface area contributed by atoms with Crippen LogP contribution in [-0.2, 0) is 0 Å². The van der Waals surface area contributed by atoms with Crippen LogP contribution in [0.4, 0.5) is 4.39 Å². The molecule has 0 spiro atoms. The number of benzene rings is 1. The van der Waals surface area contributed by atoms with E-state index in [1.807, 2.05) is 0 Å². The fraction of sp³-hybridized carbons (Fsp3) is 0.500. The molecule has 0 aliphatic carbocycles. The molecule has 1 aromatic carbocycles. The van der Waals surface area contributed by atoms with Gasteiger partial charge in [0.2, 0.25) is 0 Å². The van der Waals surface area contributed by atoms with E-state index in [1.54, 1.807) is 11.8 Å². The van der Waals surface area contributed by atoms with Crippen LogP contribution in [0.3, 0.4) is 0 Å². The lowest BCUT2D eigenvalue weighted by Crippen LogP contribution is -2.45. The molecule has 0 radical (unpaired) electrons. The predicted octanol–water partition coefficient (Wildman–Crippen LogP) is 2.12. The molecule has 1 aliphatic rings. The normalized spacial score (nSPS) is 19.9. The SMILES string of the molecule is Cc1cc(F)ccc1C(=O)N1CCCCC1CO. The van der Waals surface area contributed by atoms with E-state index in [0.29, 0.717) is 17.7 Å². The highest BCUT2D eigenvalue weighted by atomic mass is 19.1. The van der Waals surface area contributed by atoms with Crippen LogP contribution in [0.25, 0.3) is 0 Å². The number of nitrogens with zero attached hydrogens (tertiary/aromatic N) is 1. The molecule has 18 heavy (non-hydrogen) atoms. The maximum absolute atomic E-state index is 13.0. The molecule has 1 amide bonds. The first-order chi connectivity index (χ1) is 8.63. The molecule has 1 N–H and O–H groups in total. The molecule has 0 saturated carbocycles. The summed E-state index contributed by atoms with van der Waals surface area (Å²) in [4.78, 5) is 14.1. The molecule has 1 aliphatic heterocycles. The summed E-state index contributed by atoms with van der Waals surface area (Å²) < 4.78 is 13.0. The number of amides is 1. The Morgan fingerprint density at radius 3 is 2.94 bits per heavy atom. The Balaban J connectivity index is 2.24. The summed E-state index contributed by atoms with van der Waals surface area (Å²) in [6, 6.07) is 4.09. The van der Waals surface area contributed by atoms with Gasteiger partial charge in [0.15, 0.2) is 0 Å². The maximum Gasteiger partial charge on any atom is 0.254 e. The first kappa shape index (κ1) is 13.0. The Hall–Kier alpha value is -1.42. The molecule has 1 saturated heterocycles. The zero-order chi connectivity index (χ0) is 13.1. The van der Waals surface area contributed by atoms with E-state index < -0.39 is 0 Å². The summed E-state index contributed by atoms with van der Waals surface area (Å²) in [5, 5.41) is 9.32. The Morgan fingerprint density at radius 1 is 1.50 bits per heavy atom. The molecule has 0 bridgehead atoms. The van der Waals surface area contributed by atoms with Crippen LogP contribution in [0, 0.1) is 12.7 Å². The lowest BCUT2D eigenvalue weighted by atomic mass is 10.00. The highest BCUT2D eigenvalue weighted by molar-refractivity contribution is 5.95. The maximum atomic E-state index is 13.0. The second-order valence-corrected chi connectivity index (χ2v) is 4.79. The molecule has 4 heteroatoms. The van der Waals surface area contributed by atoms with Crippen LogP contribution in [0.5, 0.6) is 0 Å². The van der Waals surface area contributed by atoms with Crippen molar-refractivity contribution in [2.75, 3.05) is 13.2 Å². The summed E-state index contributed by atoms with van der Waals surface area (Å²) >= 11 is 0. The van der Waals surface area contributed by atoms with Crippen molar-refractivity contribution in [3.63, 3.8) is 0 Å². The Labute approximate surface area is 106 Å². The third-order valence-corrected chi connectivity index (χ3v) is 3.52. The first-order valence-corrected chi connectivity index (χ1v) is 6.31. The monoisotopic (exact) mass is 251 g/mol. The van der Waals surface area contributed by atoms with Gasteiger partial charge in [0.1, 0.15) is 5.82 Å². The number of likely N-dealkylation sites (tertiary alicyclic amines) is 1. The van der Waals surface area contributed by atoms with Crippen LogP contribution in [-0.4, -0.2) is 35.1 Å². The largest absolute Gasteiger partial charge is 0.394 e. The van der Waals surface area contributed by atoms with Crippen molar-refractivity contribution in [3.05, 3.63) is 35.1 Å². The van der Waals surface area contributed by atoms with E-state index in [2.05, 4.69) is 0 Å². The van der Waals surface area contributed by atoms with Crippen molar-refractivity contribution in [3.8, 4) is 0 Å². The minimum atomic E-state index is -0.332. The molecule has 1 heterocycles. The van der Waals surface area contributed by atoms with Gasteiger partial charge in [0.25, 0.3) is 5.91 Å². The number of piperidine rings is 1. The van der Waals surface area contributed by atoms with E-state index in [9.17, 15) is 14.3 Å². The molecule has 1 aromatic rings. The number of aliphatic hydroxyl groups is 1. The van der Waals surface area contributed by atoms with Gasteiger partial charge in [-0.1, -0.05) is 0 Å². The molecule has 1 fully saturated rings. The number of carbonyl (C=O) groups excluding carboxylic acids is 1. The van der Waals surface area contributed by atoms with Gasteiger partial charge in [-0.3, -0.25) is 4.79 Å².